The van der Waals surface area contributed by atoms with Crippen molar-refractivity contribution in [2.24, 2.45) is 5.73 Å². The zero-order chi connectivity index (χ0) is 15.2. The van der Waals surface area contributed by atoms with Crippen molar-refractivity contribution >= 4 is 23.6 Å². The van der Waals surface area contributed by atoms with Crippen LogP contribution in [0.4, 0.5) is 10.1 Å². The summed E-state index contributed by atoms with van der Waals surface area (Å²) in [5.41, 5.74) is 6.76. The van der Waals surface area contributed by atoms with Gasteiger partial charge in [0, 0.05) is 17.3 Å². The van der Waals surface area contributed by atoms with Crippen LogP contribution in [0.5, 0.6) is 0 Å². The smallest absolute Gasteiger partial charge is 0.248 e. The van der Waals surface area contributed by atoms with Crippen LogP contribution in [-0.4, -0.2) is 11.8 Å². The maximum absolute atomic E-state index is 12.7. The van der Waals surface area contributed by atoms with Crippen molar-refractivity contribution in [2.75, 3.05) is 5.32 Å². The zero-order valence-electron chi connectivity index (χ0n) is 11.0. The molecule has 2 rings (SSSR count). The number of primary amides is 1. The Morgan fingerprint density at radius 2 is 1.62 bits per heavy atom. The number of halogens is 1. The Bertz CT molecular complexity index is 676. The molecule has 2 aromatic carbocycles. The first-order valence-corrected chi connectivity index (χ1v) is 6.19. The van der Waals surface area contributed by atoms with E-state index in [0.29, 0.717) is 11.3 Å². The lowest BCUT2D eigenvalue weighted by atomic mass is 10.2. The highest BCUT2D eigenvalue weighted by molar-refractivity contribution is 6.02. The van der Waals surface area contributed by atoms with Gasteiger partial charge in [-0.25, -0.2) is 4.39 Å². The Balaban J connectivity index is 1.98. The molecule has 106 valence electrons. The van der Waals surface area contributed by atoms with Gasteiger partial charge in [-0.2, -0.15) is 0 Å². The average molecular weight is 284 g/mol. The number of nitrogens with one attached hydrogen (secondary N) is 1. The second kappa shape index (κ2) is 6.47. The topological polar surface area (TPSA) is 72.2 Å². The van der Waals surface area contributed by atoms with Crippen LogP contribution in [0.15, 0.2) is 54.6 Å². The fourth-order valence-corrected chi connectivity index (χ4v) is 1.65. The van der Waals surface area contributed by atoms with Gasteiger partial charge < -0.3 is 11.1 Å². The van der Waals surface area contributed by atoms with Crippen molar-refractivity contribution in [1.82, 2.24) is 0 Å². The first-order chi connectivity index (χ1) is 10.0. The number of hydrogen-bond donors (Lipinski definition) is 2. The molecule has 0 aromatic heterocycles. The number of anilines is 1. The number of hydrogen-bond acceptors (Lipinski definition) is 2. The number of rotatable bonds is 4. The molecule has 0 heterocycles. The molecular formula is C16H13FN2O2. The summed E-state index contributed by atoms with van der Waals surface area (Å²) in [6.45, 7) is 0. The van der Waals surface area contributed by atoms with E-state index in [2.05, 4.69) is 5.32 Å². The van der Waals surface area contributed by atoms with Crippen molar-refractivity contribution in [2.45, 2.75) is 0 Å². The zero-order valence-corrected chi connectivity index (χ0v) is 11.0. The summed E-state index contributed by atoms with van der Waals surface area (Å²) in [7, 11) is 0. The second-order valence-corrected chi connectivity index (χ2v) is 4.32. The Labute approximate surface area is 121 Å². The van der Waals surface area contributed by atoms with Crippen LogP contribution in [0.1, 0.15) is 15.9 Å². The van der Waals surface area contributed by atoms with Crippen molar-refractivity contribution in [3.8, 4) is 0 Å². The fraction of sp³-hybridized carbons (Fsp3) is 0. The Kier molecular flexibility index (Phi) is 4.46. The normalized spacial score (nSPS) is 10.5. The molecule has 0 aliphatic heterocycles. The summed E-state index contributed by atoms with van der Waals surface area (Å²) in [5, 5.41) is 2.64. The molecule has 0 saturated heterocycles. The minimum atomic E-state index is -0.524. The van der Waals surface area contributed by atoms with E-state index >= 15 is 0 Å². The lowest BCUT2D eigenvalue weighted by Crippen LogP contribution is -2.11. The lowest BCUT2D eigenvalue weighted by Gasteiger charge is -2.02. The average Bonchev–Trinajstić information content (AvgIpc) is 2.47. The predicted octanol–water partition coefficient (Wildman–Crippen LogP) is 2.58. The van der Waals surface area contributed by atoms with E-state index in [1.165, 1.54) is 30.3 Å². The quantitative estimate of drug-likeness (QED) is 0.847. The molecule has 0 aliphatic rings. The first-order valence-electron chi connectivity index (χ1n) is 6.19. The standard InChI is InChI=1S/C16H13FN2O2/c17-13-6-1-11(2-7-13)3-10-15(20)19-14-8-4-12(5-9-14)16(18)21/h1-10H,(H2,18,21)(H,19,20)/b10-3-. The molecule has 0 fully saturated rings. The molecular weight excluding hydrogens is 271 g/mol. The third kappa shape index (κ3) is 4.28. The van der Waals surface area contributed by atoms with Crippen LogP contribution in [0.3, 0.4) is 0 Å². The van der Waals surface area contributed by atoms with Gasteiger partial charge in [0.25, 0.3) is 0 Å². The monoisotopic (exact) mass is 284 g/mol. The highest BCUT2D eigenvalue weighted by Crippen LogP contribution is 2.10. The minimum Gasteiger partial charge on any atom is -0.366 e. The van der Waals surface area contributed by atoms with Gasteiger partial charge in [0.15, 0.2) is 0 Å². The largest absolute Gasteiger partial charge is 0.366 e. The van der Waals surface area contributed by atoms with E-state index in [0.717, 1.165) is 5.56 Å². The Hall–Kier alpha value is -2.95. The van der Waals surface area contributed by atoms with E-state index in [1.54, 1.807) is 30.3 Å². The van der Waals surface area contributed by atoms with Gasteiger partial charge in [0.1, 0.15) is 5.82 Å². The summed E-state index contributed by atoms with van der Waals surface area (Å²) in [5.74, 6) is -1.18. The summed E-state index contributed by atoms with van der Waals surface area (Å²) >= 11 is 0. The number of carbonyl (C=O) groups is 2. The van der Waals surface area contributed by atoms with E-state index in [1.807, 2.05) is 0 Å². The van der Waals surface area contributed by atoms with Crippen LogP contribution in [-0.2, 0) is 4.79 Å². The van der Waals surface area contributed by atoms with Crippen LogP contribution < -0.4 is 11.1 Å². The van der Waals surface area contributed by atoms with Gasteiger partial charge in [-0.3, -0.25) is 9.59 Å². The van der Waals surface area contributed by atoms with Gasteiger partial charge in [0.2, 0.25) is 11.8 Å². The van der Waals surface area contributed by atoms with E-state index in [-0.39, 0.29) is 11.7 Å². The molecule has 0 bridgehead atoms. The molecule has 21 heavy (non-hydrogen) atoms. The van der Waals surface area contributed by atoms with Gasteiger partial charge >= 0.3 is 0 Å². The highest BCUT2D eigenvalue weighted by Gasteiger charge is 2.01. The predicted molar refractivity (Wildman–Crippen MR) is 79.0 cm³/mol. The van der Waals surface area contributed by atoms with Crippen LogP contribution >= 0.6 is 0 Å². The number of amides is 2. The van der Waals surface area contributed by atoms with E-state index < -0.39 is 5.91 Å². The molecule has 4 nitrogen and oxygen atoms in total. The minimum absolute atomic E-state index is 0.328. The SMILES string of the molecule is NC(=O)c1ccc(NC(=O)/C=C\c2ccc(F)cc2)cc1. The van der Waals surface area contributed by atoms with Crippen LogP contribution in [0, 0.1) is 5.82 Å². The third-order valence-electron chi connectivity index (χ3n) is 2.73. The highest BCUT2D eigenvalue weighted by atomic mass is 19.1. The van der Waals surface area contributed by atoms with Gasteiger partial charge in [-0.05, 0) is 48.0 Å². The Morgan fingerprint density at radius 3 is 2.19 bits per heavy atom. The molecule has 2 amide bonds. The molecule has 0 radical (unpaired) electrons. The first kappa shape index (κ1) is 14.5. The number of carbonyl (C=O) groups excluding carboxylic acids is 2. The second-order valence-electron chi connectivity index (χ2n) is 4.32. The summed E-state index contributed by atoms with van der Waals surface area (Å²) < 4.78 is 12.7. The number of benzene rings is 2. The van der Waals surface area contributed by atoms with Crippen molar-refractivity contribution in [1.29, 1.82) is 0 Å². The molecule has 0 spiro atoms. The molecule has 2 aromatic rings. The Morgan fingerprint density at radius 1 is 1.00 bits per heavy atom. The maximum atomic E-state index is 12.7. The van der Waals surface area contributed by atoms with Crippen molar-refractivity contribution in [3.63, 3.8) is 0 Å². The van der Waals surface area contributed by atoms with Crippen molar-refractivity contribution in [3.05, 3.63) is 71.6 Å². The summed E-state index contributed by atoms with van der Waals surface area (Å²) in [6.07, 6.45) is 2.92. The van der Waals surface area contributed by atoms with Gasteiger partial charge in [0.05, 0.1) is 0 Å². The molecule has 0 aliphatic carbocycles. The summed E-state index contributed by atoms with van der Waals surface area (Å²) in [4.78, 5) is 22.6. The van der Waals surface area contributed by atoms with Gasteiger partial charge in [-0.1, -0.05) is 12.1 Å². The molecule has 0 atom stereocenters. The fourth-order valence-electron chi connectivity index (χ4n) is 1.65. The maximum Gasteiger partial charge on any atom is 0.248 e. The number of nitrogens with two attached hydrogens (primary N) is 1. The van der Waals surface area contributed by atoms with E-state index in [9.17, 15) is 14.0 Å². The van der Waals surface area contributed by atoms with Crippen molar-refractivity contribution < 1.29 is 14.0 Å². The molecule has 3 N–H and O–H groups in total. The van der Waals surface area contributed by atoms with E-state index in [4.69, 9.17) is 5.73 Å². The molecule has 0 unspecified atom stereocenters. The molecule has 5 heteroatoms. The van der Waals surface area contributed by atoms with Crippen LogP contribution in [0.25, 0.3) is 6.08 Å². The van der Waals surface area contributed by atoms with Crippen LogP contribution in [0.2, 0.25) is 0 Å². The molecule has 0 saturated carbocycles. The van der Waals surface area contributed by atoms with Gasteiger partial charge in [-0.15, -0.1) is 0 Å². The summed E-state index contributed by atoms with van der Waals surface area (Å²) in [6, 6.07) is 12.0. The lowest BCUT2D eigenvalue weighted by molar-refractivity contribution is -0.111. The third-order valence-corrected chi connectivity index (χ3v) is 2.73.